The molecule has 0 unspecified atom stereocenters. The highest BCUT2D eigenvalue weighted by molar-refractivity contribution is 9.10. The van der Waals surface area contributed by atoms with Crippen molar-refractivity contribution in [3.8, 4) is 0 Å². The van der Waals surface area contributed by atoms with Crippen LogP contribution in [0.4, 0.5) is 10.1 Å². The maximum atomic E-state index is 13.9. The van der Waals surface area contributed by atoms with Crippen LogP contribution >= 0.6 is 27.5 Å². The van der Waals surface area contributed by atoms with E-state index in [1.165, 1.54) is 34.6 Å². The van der Waals surface area contributed by atoms with Crippen LogP contribution in [0.15, 0.2) is 45.8 Å². The van der Waals surface area contributed by atoms with Gasteiger partial charge in [-0.25, -0.2) is 12.8 Å². The minimum Gasteiger partial charge on any atom is -0.319 e. The minimum absolute atomic E-state index is 0.0359. The van der Waals surface area contributed by atoms with E-state index < -0.39 is 21.7 Å². The van der Waals surface area contributed by atoms with Crippen molar-refractivity contribution in [1.29, 1.82) is 0 Å². The van der Waals surface area contributed by atoms with Crippen molar-refractivity contribution >= 4 is 49.1 Å². The molecule has 1 N–H and O–H groups in total. The van der Waals surface area contributed by atoms with E-state index in [1.807, 2.05) is 0 Å². The summed E-state index contributed by atoms with van der Waals surface area (Å²) in [5.41, 5.74) is -0.0894. The van der Waals surface area contributed by atoms with E-state index in [2.05, 4.69) is 21.2 Å². The van der Waals surface area contributed by atoms with Gasteiger partial charge in [0.05, 0.1) is 21.2 Å². The normalized spacial score (nSPS) is 11.6. The van der Waals surface area contributed by atoms with Crippen molar-refractivity contribution in [2.45, 2.75) is 18.7 Å². The molecule has 0 aliphatic rings. The quantitative estimate of drug-likeness (QED) is 0.685. The topological polar surface area (TPSA) is 66.5 Å². The molecule has 0 radical (unpaired) electrons. The zero-order valence-electron chi connectivity index (χ0n) is 14.1. The number of amides is 1. The summed E-state index contributed by atoms with van der Waals surface area (Å²) in [4.78, 5) is 12.4. The highest BCUT2D eigenvalue weighted by Gasteiger charge is 2.24. The van der Waals surface area contributed by atoms with E-state index in [1.54, 1.807) is 19.9 Å². The van der Waals surface area contributed by atoms with Crippen molar-refractivity contribution in [2.75, 3.05) is 18.4 Å². The lowest BCUT2D eigenvalue weighted by molar-refractivity contribution is 0.102. The number of benzene rings is 2. The van der Waals surface area contributed by atoms with Gasteiger partial charge in [0.25, 0.3) is 5.91 Å². The Labute approximate surface area is 165 Å². The van der Waals surface area contributed by atoms with Gasteiger partial charge in [-0.2, -0.15) is 4.31 Å². The van der Waals surface area contributed by atoms with E-state index >= 15 is 0 Å². The molecule has 0 atom stereocenters. The fourth-order valence-corrected chi connectivity index (χ4v) is 4.35. The Bertz CT molecular complexity index is 934. The molecule has 140 valence electrons. The molecule has 0 aliphatic heterocycles. The first-order valence-electron chi connectivity index (χ1n) is 7.76. The first-order chi connectivity index (χ1) is 12.2. The van der Waals surface area contributed by atoms with Gasteiger partial charge in [0, 0.05) is 17.6 Å². The van der Waals surface area contributed by atoms with Gasteiger partial charge in [-0.3, -0.25) is 4.79 Å². The molecule has 1 amide bonds. The van der Waals surface area contributed by atoms with Gasteiger partial charge in [-0.05, 0) is 36.4 Å². The molecule has 2 rings (SSSR count). The number of hydrogen-bond donors (Lipinski definition) is 1. The highest BCUT2D eigenvalue weighted by Crippen LogP contribution is 2.25. The average Bonchev–Trinajstić information content (AvgIpc) is 2.58. The monoisotopic (exact) mass is 462 g/mol. The summed E-state index contributed by atoms with van der Waals surface area (Å²) in [5, 5.41) is 2.47. The summed E-state index contributed by atoms with van der Waals surface area (Å²) in [6.45, 7) is 4.04. The van der Waals surface area contributed by atoms with Crippen LogP contribution < -0.4 is 5.32 Å². The smallest absolute Gasteiger partial charge is 0.257 e. The zero-order chi connectivity index (χ0) is 19.5. The SMILES string of the molecule is CCN(CC)S(=O)(=O)c1ccc(Cl)c(C(=O)Nc2ccc(Br)cc2F)c1. The third-order valence-electron chi connectivity index (χ3n) is 3.70. The first kappa shape index (κ1) is 20.8. The molecule has 0 fully saturated rings. The molecule has 0 bridgehead atoms. The summed E-state index contributed by atoms with van der Waals surface area (Å²) >= 11 is 9.18. The second kappa shape index (κ2) is 8.47. The average molecular weight is 464 g/mol. The Morgan fingerprint density at radius 2 is 1.85 bits per heavy atom. The molecule has 0 saturated carbocycles. The maximum Gasteiger partial charge on any atom is 0.257 e. The van der Waals surface area contributed by atoms with Gasteiger partial charge < -0.3 is 5.32 Å². The molecule has 0 heterocycles. The Balaban J connectivity index is 2.39. The van der Waals surface area contributed by atoms with Crippen LogP contribution in [-0.2, 0) is 10.0 Å². The van der Waals surface area contributed by atoms with E-state index in [0.29, 0.717) is 17.6 Å². The Morgan fingerprint density at radius 3 is 2.42 bits per heavy atom. The van der Waals surface area contributed by atoms with Crippen LogP contribution in [-0.4, -0.2) is 31.7 Å². The van der Waals surface area contributed by atoms with Crippen molar-refractivity contribution in [1.82, 2.24) is 4.31 Å². The molecular weight excluding hydrogens is 447 g/mol. The molecular formula is C17H17BrClFN2O3S. The summed E-state index contributed by atoms with van der Waals surface area (Å²) in [7, 11) is -3.75. The van der Waals surface area contributed by atoms with Gasteiger partial charge in [0.15, 0.2) is 0 Å². The molecule has 0 saturated heterocycles. The number of sulfonamides is 1. The van der Waals surface area contributed by atoms with Gasteiger partial charge >= 0.3 is 0 Å². The lowest BCUT2D eigenvalue weighted by atomic mass is 10.2. The predicted octanol–water partition coefficient (Wildman–Crippen LogP) is 4.52. The molecule has 0 spiro atoms. The number of carbonyl (C=O) groups is 1. The van der Waals surface area contributed by atoms with Gasteiger partial charge in [-0.1, -0.05) is 41.4 Å². The van der Waals surface area contributed by atoms with Crippen LogP contribution in [0.25, 0.3) is 0 Å². The fraction of sp³-hybridized carbons (Fsp3) is 0.235. The Hall–Kier alpha value is -1.48. The van der Waals surface area contributed by atoms with E-state index in [-0.39, 0.29) is 21.2 Å². The van der Waals surface area contributed by atoms with Crippen LogP contribution in [0.2, 0.25) is 5.02 Å². The van der Waals surface area contributed by atoms with Crippen LogP contribution in [0.1, 0.15) is 24.2 Å². The minimum atomic E-state index is -3.75. The number of rotatable bonds is 6. The Kier molecular flexibility index (Phi) is 6.79. The lowest BCUT2D eigenvalue weighted by Crippen LogP contribution is -2.30. The molecule has 26 heavy (non-hydrogen) atoms. The summed E-state index contributed by atoms with van der Waals surface area (Å²) in [6.07, 6.45) is 0. The second-order valence-electron chi connectivity index (χ2n) is 5.31. The standard InChI is InChI=1S/C17H17BrClFN2O3S/c1-3-22(4-2)26(24,25)12-6-7-14(19)13(10-12)17(23)21-16-8-5-11(18)9-15(16)20/h5-10H,3-4H2,1-2H3,(H,21,23). The van der Waals surface area contributed by atoms with Gasteiger partial charge in [-0.15, -0.1) is 0 Å². The molecule has 0 aromatic heterocycles. The molecule has 9 heteroatoms. The number of halogens is 3. The third-order valence-corrected chi connectivity index (χ3v) is 6.57. The largest absolute Gasteiger partial charge is 0.319 e. The summed E-state index contributed by atoms with van der Waals surface area (Å²) in [6, 6.07) is 8.04. The highest BCUT2D eigenvalue weighted by atomic mass is 79.9. The fourth-order valence-electron chi connectivity index (χ4n) is 2.33. The van der Waals surface area contributed by atoms with Crippen LogP contribution in [0.5, 0.6) is 0 Å². The number of hydrogen-bond acceptors (Lipinski definition) is 3. The molecule has 2 aromatic rings. The van der Waals surface area contributed by atoms with Crippen molar-refractivity contribution in [2.24, 2.45) is 0 Å². The van der Waals surface area contributed by atoms with Crippen molar-refractivity contribution in [3.63, 3.8) is 0 Å². The molecule has 0 aliphatic carbocycles. The first-order valence-corrected chi connectivity index (χ1v) is 10.4. The maximum absolute atomic E-state index is 13.9. The van der Waals surface area contributed by atoms with Crippen LogP contribution in [0, 0.1) is 5.82 Å². The van der Waals surface area contributed by atoms with Gasteiger partial charge in [0.1, 0.15) is 5.82 Å². The van der Waals surface area contributed by atoms with E-state index in [4.69, 9.17) is 11.6 Å². The van der Waals surface area contributed by atoms with Crippen LogP contribution in [0.3, 0.4) is 0 Å². The van der Waals surface area contributed by atoms with E-state index in [9.17, 15) is 17.6 Å². The predicted molar refractivity (Wildman–Crippen MR) is 104 cm³/mol. The van der Waals surface area contributed by atoms with E-state index in [0.717, 1.165) is 0 Å². The number of carbonyl (C=O) groups excluding carboxylic acids is 1. The zero-order valence-corrected chi connectivity index (χ0v) is 17.3. The third kappa shape index (κ3) is 4.43. The number of nitrogens with zero attached hydrogens (tertiary/aromatic N) is 1. The number of nitrogens with one attached hydrogen (secondary N) is 1. The summed E-state index contributed by atoms with van der Waals surface area (Å²) in [5.74, 6) is -1.33. The molecule has 5 nitrogen and oxygen atoms in total. The van der Waals surface area contributed by atoms with Gasteiger partial charge in [0.2, 0.25) is 10.0 Å². The second-order valence-corrected chi connectivity index (χ2v) is 8.57. The lowest BCUT2D eigenvalue weighted by Gasteiger charge is -2.19. The van der Waals surface area contributed by atoms with Crippen molar-refractivity contribution < 1.29 is 17.6 Å². The number of anilines is 1. The van der Waals surface area contributed by atoms with Crippen molar-refractivity contribution in [3.05, 3.63) is 57.3 Å². The summed E-state index contributed by atoms with van der Waals surface area (Å²) < 4.78 is 40.9. The Morgan fingerprint density at radius 1 is 1.19 bits per heavy atom. The molecule has 2 aromatic carbocycles.